The van der Waals surface area contributed by atoms with Gasteiger partial charge < -0.3 is 89.9 Å². The lowest BCUT2D eigenvalue weighted by Crippen LogP contribution is -2.66. The van der Waals surface area contributed by atoms with Crippen LogP contribution in [0.4, 0.5) is 0 Å². The number of unbranched alkanes of at least 4 members (excludes halogenated alkanes) is 26. The standard InChI is InChI=1S/C85H143NO18/c1-3-5-7-9-11-13-15-17-19-21-23-25-27-28-29-30-31-32-33-34-35-36-37-38-39-40-41-43-45-47-49-51-53-55-57-59-61-63-73(91)86-68(69(90)62-60-58-56-54-52-50-48-46-44-42-26-24-22-20-18-16-14-12-10-8-6-4-2)67-99-83-79(97)76(94)81(71(65-88)101-83)104-85-80(98)77(95)82(72(66-89)102-85)103-84-78(96)75(93)74(92)70(64-87)100-84/h5,7,11,13,17,19,23,25,28-29,31-32,34-35,37-38,44,46,52,54,60,62,68-72,74-85,87-90,92-98H,3-4,6,8-10,12,14-16,18,20-22,24,26-27,30,33,36,39-43,45,47-51,53,55-59,61,63-67H2,1-2H3,(H,86,91)/b7-5-,13-11-,19-17-,25-23-,29-28-,32-31-,35-34-,38-37-,46-44+,54-52+,62-60+. The summed E-state index contributed by atoms with van der Waals surface area (Å²) in [7, 11) is 0. The molecule has 0 aromatic rings. The monoisotopic (exact) mass is 1470 g/mol. The van der Waals surface area contributed by atoms with Crippen LogP contribution in [0, 0.1) is 0 Å². The number of amides is 1. The SMILES string of the molecule is CC/C=C\C/C=C\C/C=C\C/C=C\C/C=C\C/C=C\C/C=C\C/C=C\CCCCCCCCCCCCCCC(=O)NC(COC1OC(CO)C(OC2OC(CO)C(OC3OC(CO)C(O)C(O)C3O)C(O)C2O)C(O)C1O)C(O)/C=C/CC/C=C/CC/C=C/CCCCCCCCCCCCCC. The molecule has 0 spiro atoms. The fourth-order valence-electron chi connectivity index (χ4n) is 12.7. The van der Waals surface area contributed by atoms with Gasteiger partial charge in [-0.2, -0.15) is 0 Å². The van der Waals surface area contributed by atoms with Gasteiger partial charge >= 0.3 is 0 Å². The van der Waals surface area contributed by atoms with E-state index in [9.17, 15) is 61.0 Å². The van der Waals surface area contributed by atoms with E-state index in [1.165, 1.54) is 122 Å². The molecule has 19 heteroatoms. The van der Waals surface area contributed by atoms with Crippen molar-refractivity contribution in [2.45, 2.75) is 369 Å². The second kappa shape index (κ2) is 63.8. The van der Waals surface area contributed by atoms with Gasteiger partial charge in [0.25, 0.3) is 0 Å². The van der Waals surface area contributed by atoms with Gasteiger partial charge in [-0.05, 0) is 109 Å². The zero-order valence-corrected chi connectivity index (χ0v) is 63.7. The fourth-order valence-corrected chi connectivity index (χ4v) is 12.7. The number of rotatable bonds is 62. The summed E-state index contributed by atoms with van der Waals surface area (Å²) in [6.45, 7) is 1.60. The summed E-state index contributed by atoms with van der Waals surface area (Å²) in [5.74, 6) is -0.296. The van der Waals surface area contributed by atoms with E-state index in [0.717, 1.165) is 109 Å². The molecule has 596 valence electrons. The molecule has 3 heterocycles. The van der Waals surface area contributed by atoms with Gasteiger partial charge in [-0.1, -0.05) is 282 Å². The Bertz CT molecular complexity index is 2400. The first-order valence-corrected chi connectivity index (χ1v) is 40.4. The molecule has 1 amide bonds. The third-order valence-corrected chi connectivity index (χ3v) is 19.2. The Balaban J connectivity index is 1.37. The summed E-state index contributed by atoms with van der Waals surface area (Å²) in [4.78, 5) is 13.5. The van der Waals surface area contributed by atoms with E-state index in [-0.39, 0.29) is 18.9 Å². The van der Waals surface area contributed by atoms with Crippen LogP contribution in [0.3, 0.4) is 0 Å². The summed E-state index contributed by atoms with van der Waals surface area (Å²) < 4.78 is 34.4. The van der Waals surface area contributed by atoms with Crippen LogP contribution in [0.25, 0.3) is 0 Å². The van der Waals surface area contributed by atoms with Crippen LogP contribution < -0.4 is 5.32 Å². The van der Waals surface area contributed by atoms with Crippen LogP contribution in [-0.4, -0.2) is 193 Å². The Morgan fingerprint density at radius 3 is 1.08 bits per heavy atom. The maximum Gasteiger partial charge on any atom is 0.220 e. The highest BCUT2D eigenvalue weighted by Crippen LogP contribution is 2.33. The molecule has 19 nitrogen and oxygen atoms in total. The number of aliphatic hydroxyl groups excluding tert-OH is 11. The van der Waals surface area contributed by atoms with Gasteiger partial charge in [0.1, 0.15) is 73.2 Å². The molecule has 0 aliphatic carbocycles. The second-order valence-electron chi connectivity index (χ2n) is 28.1. The quantitative estimate of drug-likeness (QED) is 0.0199. The third-order valence-electron chi connectivity index (χ3n) is 19.2. The Labute approximate surface area is 626 Å². The summed E-state index contributed by atoms with van der Waals surface area (Å²) in [5.41, 5.74) is 0. The topological polar surface area (TPSA) is 307 Å². The van der Waals surface area contributed by atoms with Crippen molar-refractivity contribution >= 4 is 5.91 Å². The molecule has 0 bridgehead atoms. The second-order valence-corrected chi connectivity index (χ2v) is 28.1. The van der Waals surface area contributed by atoms with Crippen molar-refractivity contribution in [3.05, 3.63) is 134 Å². The number of carbonyl (C=O) groups excluding carboxylic acids is 1. The number of carbonyl (C=O) groups is 1. The molecule has 0 saturated carbocycles. The van der Waals surface area contributed by atoms with Crippen molar-refractivity contribution in [2.75, 3.05) is 26.4 Å². The van der Waals surface area contributed by atoms with Gasteiger partial charge in [0.15, 0.2) is 18.9 Å². The van der Waals surface area contributed by atoms with Gasteiger partial charge in [-0.3, -0.25) is 4.79 Å². The summed E-state index contributed by atoms with van der Waals surface area (Å²) in [5, 5.41) is 121. The van der Waals surface area contributed by atoms with Gasteiger partial charge in [0, 0.05) is 6.42 Å². The highest BCUT2D eigenvalue weighted by atomic mass is 16.8. The van der Waals surface area contributed by atoms with Crippen molar-refractivity contribution in [3.8, 4) is 0 Å². The Kier molecular flexibility index (Phi) is 57.8. The number of ether oxygens (including phenoxy) is 6. The molecule has 0 aromatic carbocycles. The van der Waals surface area contributed by atoms with Gasteiger partial charge in [0.05, 0.1) is 38.6 Å². The Morgan fingerprint density at radius 2 is 0.673 bits per heavy atom. The molecule has 17 atom stereocenters. The van der Waals surface area contributed by atoms with E-state index in [0.29, 0.717) is 12.8 Å². The number of aliphatic hydroxyl groups is 11. The smallest absolute Gasteiger partial charge is 0.220 e. The molecule has 3 fully saturated rings. The van der Waals surface area contributed by atoms with Crippen molar-refractivity contribution in [1.29, 1.82) is 0 Å². The first-order valence-electron chi connectivity index (χ1n) is 40.4. The zero-order valence-electron chi connectivity index (χ0n) is 63.7. The van der Waals surface area contributed by atoms with E-state index in [1.54, 1.807) is 6.08 Å². The number of allylic oxidation sites excluding steroid dienone is 21. The van der Waals surface area contributed by atoms with Crippen LogP contribution in [0.15, 0.2) is 134 Å². The Hall–Kier alpha value is -4.07. The van der Waals surface area contributed by atoms with Crippen molar-refractivity contribution in [2.24, 2.45) is 0 Å². The zero-order chi connectivity index (χ0) is 75.3. The normalized spacial score (nSPS) is 26.6. The lowest BCUT2D eigenvalue weighted by molar-refractivity contribution is -0.379. The van der Waals surface area contributed by atoms with Crippen LogP contribution in [0.5, 0.6) is 0 Å². The Morgan fingerprint density at radius 1 is 0.356 bits per heavy atom. The minimum Gasteiger partial charge on any atom is -0.394 e. The molecule has 0 radical (unpaired) electrons. The third kappa shape index (κ3) is 43.2. The molecule has 0 aromatic heterocycles. The molecule has 3 aliphatic heterocycles. The molecule has 12 N–H and O–H groups in total. The van der Waals surface area contributed by atoms with E-state index >= 15 is 0 Å². The summed E-state index contributed by atoms with van der Waals surface area (Å²) in [6, 6.07) is -1.01. The van der Waals surface area contributed by atoms with Gasteiger partial charge in [0.2, 0.25) is 5.91 Å². The van der Waals surface area contributed by atoms with E-state index in [1.807, 2.05) is 6.08 Å². The van der Waals surface area contributed by atoms with Crippen molar-refractivity contribution in [1.82, 2.24) is 5.32 Å². The minimum absolute atomic E-state index is 0.222. The summed E-state index contributed by atoms with van der Waals surface area (Å²) >= 11 is 0. The van der Waals surface area contributed by atoms with Crippen LogP contribution in [0.2, 0.25) is 0 Å². The molecule has 104 heavy (non-hydrogen) atoms. The molecule has 3 aliphatic rings. The molecule has 3 saturated heterocycles. The first-order chi connectivity index (χ1) is 50.8. The van der Waals surface area contributed by atoms with Crippen molar-refractivity contribution in [3.63, 3.8) is 0 Å². The molecule has 17 unspecified atom stereocenters. The lowest BCUT2D eigenvalue weighted by atomic mass is 9.96. The largest absolute Gasteiger partial charge is 0.394 e. The van der Waals surface area contributed by atoms with Gasteiger partial charge in [-0.25, -0.2) is 0 Å². The number of hydrogen-bond acceptors (Lipinski definition) is 18. The number of nitrogens with one attached hydrogen (secondary N) is 1. The fraction of sp³-hybridized carbons (Fsp3) is 0.729. The van der Waals surface area contributed by atoms with Crippen LogP contribution in [-0.2, 0) is 33.2 Å². The van der Waals surface area contributed by atoms with Crippen LogP contribution in [0.1, 0.15) is 264 Å². The predicted molar refractivity (Wildman–Crippen MR) is 415 cm³/mol. The first kappa shape index (κ1) is 94.1. The van der Waals surface area contributed by atoms with E-state index in [2.05, 4.69) is 141 Å². The summed E-state index contributed by atoms with van der Waals surface area (Å²) in [6.07, 6.45) is 64.3. The van der Waals surface area contributed by atoms with E-state index in [4.69, 9.17) is 28.4 Å². The average Bonchev–Trinajstić information content (AvgIpc) is 0.783. The molecular formula is C85H143NO18. The highest BCUT2D eigenvalue weighted by Gasteiger charge is 2.54. The highest BCUT2D eigenvalue weighted by molar-refractivity contribution is 5.76. The maximum atomic E-state index is 13.5. The van der Waals surface area contributed by atoms with Gasteiger partial charge in [-0.15, -0.1) is 0 Å². The minimum atomic E-state index is -1.99. The predicted octanol–water partition coefficient (Wildman–Crippen LogP) is 13.7. The maximum absolute atomic E-state index is 13.5. The molecule has 3 rings (SSSR count). The number of hydrogen-bond donors (Lipinski definition) is 12. The lowest BCUT2D eigenvalue weighted by Gasteiger charge is -2.48. The van der Waals surface area contributed by atoms with E-state index < -0.39 is 124 Å². The molecular weight excluding hydrogens is 1320 g/mol. The average molecular weight is 1470 g/mol. The van der Waals surface area contributed by atoms with Crippen molar-refractivity contribution < 1.29 is 89.4 Å². The van der Waals surface area contributed by atoms with Crippen LogP contribution >= 0.6 is 0 Å².